The molecule has 0 unspecified atom stereocenters. The van der Waals surface area contributed by atoms with E-state index in [0.29, 0.717) is 23.7 Å². The molecule has 3 aromatic rings. The van der Waals surface area contributed by atoms with Gasteiger partial charge in [-0.1, -0.05) is 36.4 Å². The number of nitrogens with one attached hydrogen (secondary N) is 1. The smallest absolute Gasteiger partial charge is 0.273 e. The van der Waals surface area contributed by atoms with Gasteiger partial charge in [-0.3, -0.25) is 10.7 Å². The van der Waals surface area contributed by atoms with Gasteiger partial charge in [0.1, 0.15) is 6.54 Å². The van der Waals surface area contributed by atoms with Crippen molar-refractivity contribution in [3.63, 3.8) is 0 Å². The van der Waals surface area contributed by atoms with Crippen molar-refractivity contribution in [3.8, 4) is 11.5 Å². The molecule has 0 aliphatic carbocycles. The molecule has 3 rings (SSSR count). The predicted molar refractivity (Wildman–Crippen MR) is 96.7 cm³/mol. The average molecular weight is 351 g/mol. The van der Waals surface area contributed by atoms with Gasteiger partial charge in [-0.15, -0.1) is 0 Å². The van der Waals surface area contributed by atoms with Crippen LogP contribution < -0.4 is 25.0 Å². The van der Waals surface area contributed by atoms with E-state index in [4.69, 9.17) is 19.4 Å². The molecular weight excluding hydrogens is 330 g/mol. The summed E-state index contributed by atoms with van der Waals surface area (Å²) in [5.74, 6) is 1.39. The fourth-order valence-electron chi connectivity index (χ4n) is 2.63. The second-order valence-corrected chi connectivity index (χ2v) is 5.69. The minimum Gasteiger partial charge on any atom is -0.493 e. The lowest BCUT2D eigenvalue weighted by atomic mass is 10.1. The highest BCUT2D eigenvalue weighted by atomic mass is 16.5. The Balaban J connectivity index is 1.75. The number of benzene rings is 2. The number of ether oxygens (including phenoxy) is 2. The van der Waals surface area contributed by atoms with Gasteiger partial charge in [0, 0.05) is 12.5 Å². The highest BCUT2D eigenvalue weighted by molar-refractivity contribution is 5.66. The Kier molecular flexibility index (Phi) is 5.53. The molecule has 1 heterocycles. The van der Waals surface area contributed by atoms with Gasteiger partial charge in [-0.05, 0) is 29.3 Å². The van der Waals surface area contributed by atoms with Crippen LogP contribution in [0.5, 0.6) is 11.5 Å². The molecule has 0 fully saturated rings. The van der Waals surface area contributed by atoms with Crippen LogP contribution >= 0.6 is 0 Å². The molecular formula is C20H21N3O3. The molecule has 0 spiro atoms. The van der Waals surface area contributed by atoms with Crippen LogP contribution in [-0.4, -0.2) is 14.2 Å². The van der Waals surface area contributed by atoms with Gasteiger partial charge in [0.15, 0.2) is 11.5 Å². The predicted octanol–water partition coefficient (Wildman–Crippen LogP) is 2.43. The van der Waals surface area contributed by atoms with Crippen molar-refractivity contribution < 1.29 is 18.7 Å². The van der Waals surface area contributed by atoms with Crippen LogP contribution in [-0.2, 0) is 13.0 Å². The minimum absolute atomic E-state index is 0.0458. The SMILES string of the molecule is COc1ccc(CC[n+]2[n-]oc(=N)c2/C=C/c2ccccc2)cc1OC. The van der Waals surface area contributed by atoms with Crippen molar-refractivity contribution >= 4 is 12.2 Å². The molecule has 134 valence electrons. The van der Waals surface area contributed by atoms with Gasteiger partial charge in [-0.2, -0.15) is 0 Å². The van der Waals surface area contributed by atoms with E-state index in [0.717, 1.165) is 17.5 Å². The molecule has 1 aromatic heterocycles. The van der Waals surface area contributed by atoms with Crippen molar-refractivity contribution in [1.29, 1.82) is 5.41 Å². The van der Waals surface area contributed by atoms with Crippen LogP contribution in [0.15, 0.2) is 53.1 Å². The maximum absolute atomic E-state index is 7.92. The van der Waals surface area contributed by atoms with E-state index >= 15 is 0 Å². The van der Waals surface area contributed by atoms with Gasteiger partial charge in [0.2, 0.25) is 0 Å². The first-order valence-corrected chi connectivity index (χ1v) is 8.26. The minimum atomic E-state index is 0.0458. The van der Waals surface area contributed by atoms with Crippen LogP contribution in [0.25, 0.3) is 12.2 Å². The first kappa shape index (κ1) is 17.5. The third-order valence-corrected chi connectivity index (χ3v) is 4.03. The third kappa shape index (κ3) is 4.03. The average Bonchev–Trinajstić information content (AvgIpc) is 3.04. The zero-order valence-electron chi connectivity index (χ0n) is 14.8. The Labute approximate surface area is 151 Å². The highest BCUT2D eigenvalue weighted by Crippen LogP contribution is 2.27. The zero-order valence-corrected chi connectivity index (χ0v) is 14.8. The Bertz CT molecular complexity index is 942. The third-order valence-electron chi connectivity index (χ3n) is 4.03. The summed E-state index contributed by atoms with van der Waals surface area (Å²) in [6.45, 7) is 0.590. The zero-order chi connectivity index (χ0) is 18.4. The molecule has 26 heavy (non-hydrogen) atoms. The van der Waals surface area contributed by atoms with Gasteiger partial charge in [0.05, 0.1) is 14.2 Å². The molecule has 2 aromatic carbocycles. The Morgan fingerprint density at radius 1 is 1.04 bits per heavy atom. The largest absolute Gasteiger partial charge is 0.493 e. The topological polar surface area (TPSA) is 73.4 Å². The molecule has 0 bridgehead atoms. The monoisotopic (exact) mass is 351 g/mol. The van der Waals surface area contributed by atoms with Crippen molar-refractivity contribution in [2.45, 2.75) is 13.0 Å². The molecule has 6 heteroatoms. The normalized spacial score (nSPS) is 11.0. The number of aryl methyl sites for hydroxylation is 2. The van der Waals surface area contributed by atoms with Crippen molar-refractivity contribution in [2.24, 2.45) is 0 Å². The van der Waals surface area contributed by atoms with E-state index in [1.165, 1.54) is 0 Å². The first-order valence-electron chi connectivity index (χ1n) is 8.26. The van der Waals surface area contributed by atoms with Crippen molar-refractivity contribution in [3.05, 3.63) is 70.9 Å². The summed E-state index contributed by atoms with van der Waals surface area (Å²) in [7, 11) is 3.23. The second-order valence-electron chi connectivity index (χ2n) is 5.69. The molecule has 1 N–H and O–H groups in total. The lowest BCUT2D eigenvalue weighted by molar-refractivity contribution is -0.768. The van der Waals surface area contributed by atoms with Gasteiger partial charge < -0.3 is 14.0 Å². The van der Waals surface area contributed by atoms with Crippen LogP contribution in [0, 0.1) is 5.41 Å². The summed E-state index contributed by atoms with van der Waals surface area (Å²) in [5.41, 5.74) is 2.82. The first-order chi connectivity index (χ1) is 12.7. The molecule has 0 saturated heterocycles. The van der Waals surface area contributed by atoms with Crippen molar-refractivity contribution in [1.82, 2.24) is 5.27 Å². The van der Waals surface area contributed by atoms with Crippen LogP contribution in [0.3, 0.4) is 0 Å². The van der Waals surface area contributed by atoms with E-state index < -0.39 is 0 Å². The van der Waals surface area contributed by atoms with E-state index in [2.05, 4.69) is 5.27 Å². The number of aromatic nitrogens is 2. The Morgan fingerprint density at radius 2 is 1.81 bits per heavy atom. The van der Waals surface area contributed by atoms with E-state index in [-0.39, 0.29) is 5.55 Å². The molecule has 6 nitrogen and oxygen atoms in total. The second kappa shape index (κ2) is 8.20. The van der Waals surface area contributed by atoms with Crippen LogP contribution in [0.1, 0.15) is 16.8 Å². The Morgan fingerprint density at radius 3 is 2.54 bits per heavy atom. The molecule has 0 atom stereocenters. The number of hydrogen-bond donors (Lipinski definition) is 1. The summed E-state index contributed by atoms with van der Waals surface area (Å²) in [5, 5.41) is 11.9. The summed E-state index contributed by atoms with van der Waals surface area (Å²) >= 11 is 0. The fourth-order valence-corrected chi connectivity index (χ4v) is 2.63. The standard InChI is InChI=1S/C20H21N3O3/c1-24-18-11-9-16(14-19(18)25-2)12-13-23-17(20(21)26-22-23)10-8-15-6-4-3-5-7-15/h3-11,14,21H,12-13H2,1-2H3/b10-8+,21-20?. The fraction of sp³-hybridized carbons (Fsp3) is 0.200. The molecule has 0 saturated carbocycles. The maximum Gasteiger partial charge on any atom is 0.273 e. The van der Waals surface area contributed by atoms with E-state index in [9.17, 15) is 0 Å². The van der Waals surface area contributed by atoms with Crippen LogP contribution in [0.4, 0.5) is 0 Å². The summed E-state index contributed by atoms with van der Waals surface area (Å²) < 4.78 is 17.3. The molecule has 0 aliphatic heterocycles. The lowest BCUT2D eigenvalue weighted by Crippen LogP contribution is -2.42. The summed E-state index contributed by atoms with van der Waals surface area (Å²) in [6, 6.07) is 15.7. The number of methoxy groups -OCH3 is 2. The summed E-state index contributed by atoms with van der Waals surface area (Å²) in [4.78, 5) is 0. The Hall–Kier alpha value is -3.28. The summed E-state index contributed by atoms with van der Waals surface area (Å²) in [6.07, 6.45) is 4.52. The molecule has 0 amide bonds. The molecule has 0 aliphatic rings. The highest BCUT2D eigenvalue weighted by Gasteiger charge is 2.10. The lowest BCUT2D eigenvalue weighted by Gasteiger charge is -2.09. The van der Waals surface area contributed by atoms with Crippen LogP contribution in [0.2, 0.25) is 0 Å². The van der Waals surface area contributed by atoms with E-state index in [1.54, 1.807) is 18.9 Å². The number of rotatable bonds is 7. The van der Waals surface area contributed by atoms with Gasteiger partial charge in [-0.25, -0.2) is 4.68 Å². The quantitative estimate of drug-likeness (QED) is 0.664. The number of nitrogens with zero attached hydrogens (tertiary/aromatic N) is 2. The van der Waals surface area contributed by atoms with E-state index in [1.807, 2.05) is 60.7 Å². The number of hydrogen-bond acceptors (Lipinski definition) is 4. The van der Waals surface area contributed by atoms with Gasteiger partial charge >= 0.3 is 0 Å². The molecule has 0 radical (unpaired) electrons. The van der Waals surface area contributed by atoms with Crippen molar-refractivity contribution in [2.75, 3.05) is 14.2 Å². The maximum atomic E-state index is 7.92. The van der Waals surface area contributed by atoms with Gasteiger partial charge in [0.25, 0.3) is 11.2 Å².